The minimum atomic E-state index is 0.447. The van der Waals surface area contributed by atoms with Crippen molar-refractivity contribution in [1.29, 1.82) is 0 Å². The third kappa shape index (κ3) is 4.75. The Bertz CT molecular complexity index is 1090. The van der Waals surface area contributed by atoms with Crippen molar-refractivity contribution in [1.82, 2.24) is 30.3 Å². The molecule has 0 spiro atoms. The van der Waals surface area contributed by atoms with Gasteiger partial charge in [-0.1, -0.05) is 35.9 Å². The Morgan fingerprint density at radius 1 is 1.23 bits per heavy atom. The van der Waals surface area contributed by atoms with Crippen LogP contribution in [0.4, 0.5) is 5.82 Å². The molecule has 4 rings (SSSR count). The number of H-pyrrole nitrogens is 1. The van der Waals surface area contributed by atoms with Gasteiger partial charge in [-0.25, -0.2) is 4.98 Å². The Hall–Kier alpha value is -2.61. The summed E-state index contributed by atoms with van der Waals surface area (Å²) in [7, 11) is 0. The quantitative estimate of drug-likeness (QED) is 0.465. The van der Waals surface area contributed by atoms with E-state index < -0.39 is 0 Å². The summed E-state index contributed by atoms with van der Waals surface area (Å²) >= 11 is 12.0. The molecule has 9 heteroatoms. The van der Waals surface area contributed by atoms with Crippen LogP contribution in [-0.4, -0.2) is 44.6 Å². The molecule has 1 aliphatic heterocycles. The van der Waals surface area contributed by atoms with Gasteiger partial charge in [0.05, 0.1) is 17.6 Å². The van der Waals surface area contributed by atoms with Gasteiger partial charge in [0, 0.05) is 40.1 Å². The van der Waals surface area contributed by atoms with Crippen LogP contribution >= 0.6 is 23.2 Å². The highest BCUT2D eigenvalue weighted by atomic mass is 35.5. The van der Waals surface area contributed by atoms with Crippen molar-refractivity contribution in [2.24, 2.45) is 0 Å². The van der Waals surface area contributed by atoms with Gasteiger partial charge < -0.3 is 10.6 Å². The standard InChI is InChI=1S/C21H23Cl2N7/c1-2-16(22)10-17(23)3-8-25-20-19-9-14(11-26-21(19)29-28-20)15-12-27-30(13-15)18-4-6-24-7-5-18/h2-3,9-13,18,24H,1,4-8H2,(H2,25,26,28,29)/b16-10+,17-3+. The number of rotatable bonds is 7. The second kappa shape index (κ2) is 9.47. The van der Waals surface area contributed by atoms with E-state index in [-0.39, 0.29) is 0 Å². The maximum absolute atomic E-state index is 6.14. The molecular formula is C21H23Cl2N7. The van der Waals surface area contributed by atoms with Gasteiger partial charge in [-0.05, 0) is 44.1 Å². The van der Waals surface area contributed by atoms with E-state index in [0.717, 1.165) is 48.1 Å². The molecule has 0 unspecified atom stereocenters. The molecule has 0 bridgehead atoms. The normalized spacial score (nSPS) is 16.2. The predicted octanol–water partition coefficient (Wildman–Crippen LogP) is 4.59. The average Bonchev–Trinajstić information content (AvgIpc) is 3.41. The number of allylic oxidation sites excluding steroid dienone is 4. The van der Waals surface area contributed by atoms with E-state index in [0.29, 0.717) is 28.5 Å². The summed E-state index contributed by atoms with van der Waals surface area (Å²) < 4.78 is 2.07. The van der Waals surface area contributed by atoms with Crippen molar-refractivity contribution < 1.29 is 0 Å². The fourth-order valence-electron chi connectivity index (χ4n) is 3.45. The largest absolute Gasteiger partial charge is 0.365 e. The number of pyridine rings is 1. The maximum Gasteiger partial charge on any atom is 0.157 e. The molecule has 30 heavy (non-hydrogen) atoms. The number of aromatic amines is 1. The summed E-state index contributed by atoms with van der Waals surface area (Å²) in [4.78, 5) is 4.51. The highest BCUT2D eigenvalue weighted by Gasteiger charge is 2.16. The number of piperidine rings is 1. The molecule has 1 saturated heterocycles. The Morgan fingerprint density at radius 2 is 2.07 bits per heavy atom. The zero-order valence-corrected chi connectivity index (χ0v) is 17.9. The number of anilines is 1. The highest BCUT2D eigenvalue weighted by molar-refractivity contribution is 6.35. The summed E-state index contributed by atoms with van der Waals surface area (Å²) in [6.07, 6.45) is 13.0. The number of aromatic nitrogens is 5. The van der Waals surface area contributed by atoms with E-state index in [4.69, 9.17) is 23.2 Å². The first-order chi connectivity index (χ1) is 14.6. The molecule has 0 saturated carbocycles. The predicted molar refractivity (Wildman–Crippen MR) is 123 cm³/mol. The van der Waals surface area contributed by atoms with Crippen LogP contribution in [0.1, 0.15) is 18.9 Å². The zero-order chi connectivity index (χ0) is 20.9. The van der Waals surface area contributed by atoms with Crippen LogP contribution in [0, 0.1) is 0 Å². The first kappa shape index (κ1) is 20.7. The fraction of sp³-hybridized carbons (Fsp3) is 0.286. The van der Waals surface area contributed by atoms with E-state index in [2.05, 4.69) is 54.4 Å². The van der Waals surface area contributed by atoms with Crippen LogP contribution in [0.5, 0.6) is 0 Å². The molecule has 156 valence electrons. The van der Waals surface area contributed by atoms with Crippen molar-refractivity contribution in [3.8, 4) is 11.1 Å². The number of halogens is 2. The first-order valence-electron chi connectivity index (χ1n) is 9.82. The van der Waals surface area contributed by atoms with Crippen LogP contribution in [0.3, 0.4) is 0 Å². The summed E-state index contributed by atoms with van der Waals surface area (Å²) in [5, 5.41) is 20.4. The van der Waals surface area contributed by atoms with Crippen LogP contribution in [0.2, 0.25) is 0 Å². The molecule has 3 aromatic heterocycles. The molecule has 1 fully saturated rings. The minimum Gasteiger partial charge on any atom is -0.365 e. The van der Waals surface area contributed by atoms with E-state index in [9.17, 15) is 0 Å². The van der Waals surface area contributed by atoms with E-state index in [1.165, 1.54) is 6.08 Å². The van der Waals surface area contributed by atoms with E-state index in [1.54, 1.807) is 6.08 Å². The Balaban J connectivity index is 1.51. The molecule has 0 atom stereocenters. The van der Waals surface area contributed by atoms with Gasteiger partial charge in [-0.15, -0.1) is 0 Å². The number of hydrogen-bond donors (Lipinski definition) is 3. The van der Waals surface area contributed by atoms with Crippen molar-refractivity contribution in [2.75, 3.05) is 25.0 Å². The third-order valence-electron chi connectivity index (χ3n) is 5.07. The van der Waals surface area contributed by atoms with Gasteiger partial charge in [-0.3, -0.25) is 9.78 Å². The highest BCUT2D eigenvalue weighted by Crippen LogP contribution is 2.27. The molecule has 4 heterocycles. The van der Waals surface area contributed by atoms with E-state index in [1.807, 2.05) is 18.5 Å². The van der Waals surface area contributed by atoms with Crippen molar-refractivity contribution in [3.63, 3.8) is 0 Å². The Labute approximate surface area is 184 Å². The average molecular weight is 444 g/mol. The van der Waals surface area contributed by atoms with E-state index >= 15 is 0 Å². The zero-order valence-electron chi connectivity index (χ0n) is 16.4. The van der Waals surface area contributed by atoms with Crippen LogP contribution in [0.25, 0.3) is 22.2 Å². The molecule has 0 radical (unpaired) electrons. The maximum atomic E-state index is 6.14. The number of nitrogens with zero attached hydrogens (tertiary/aromatic N) is 4. The monoisotopic (exact) mass is 443 g/mol. The summed E-state index contributed by atoms with van der Waals surface area (Å²) in [5.74, 6) is 0.713. The second-order valence-corrected chi connectivity index (χ2v) is 7.96. The first-order valence-corrected chi connectivity index (χ1v) is 10.6. The molecule has 0 aromatic carbocycles. The second-order valence-electron chi connectivity index (χ2n) is 7.09. The van der Waals surface area contributed by atoms with Gasteiger partial charge in [0.15, 0.2) is 11.5 Å². The van der Waals surface area contributed by atoms with Gasteiger partial charge in [0.25, 0.3) is 0 Å². The van der Waals surface area contributed by atoms with Crippen LogP contribution in [-0.2, 0) is 0 Å². The Kier molecular flexibility index (Phi) is 6.52. The number of fused-ring (bicyclic) bond motifs is 1. The molecule has 0 aliphatic carbocycles. The van der Waals surface area contributed by atoms with Crippen molar-refractivity contribution in [2.45, 2.75) is 18.9 Å². The Morgan fingerprint density at radius 3 is 2.87 bits per heavy atom. The smallest absolute Gasteiger partial charge is 0.157 e. The topological polar surface area (TPSA) is 83.5 Å². The third-order valence-corrected chi connectivity index (χ3v) is 5.60. The van der Waals surface area contributed by atoms with Crippen molar-refractivity contribution >= 4 is 40.1 Å². The summed E-state index contributed by atoms with van der Waals surface area (Å²) in [5.41, 5.74) is 2.76. The van der Waals surface area contributed by atoms with Gasteiger partial charge in [0.2, 0.25) is 0 Å². The molecule has 1 aliphatic rings. The van der Waals surface area contributed by atoms with Gasteiger partial charge in [-0.2, -0.15) is 10.2 Å². The molecular weight excluding hydrogens is 421 g/mol. The van der Waals surface area contributed by atoms with Crippen molar-refractivity contribution in [3.05, 3.63) is 59.5 Å². The summed E-state index contributed by atoms with van der Waals surface area (Å²) in [6, 6.07) is 2.51. The lowest BCUT2D eigenvalue weighted by atomic mass is 10.1. The van der Waals surface area contributed by atoms with Gasteiger partial charge >= 0.3 is 0 Å². The number of hydrogen-bond acceptors (Lipinski definition) is 5. The molecule has 3 N–H and O–H groups in total. The molecule has 3 aromatic rings. The fourth-order valence-corrected chi connectivity index (χ4v) is 3.82. The lowest BCUT2D eigenvalue weighted by Crippen LogP contribution is -2.29. The lowest BCUT2D eigenvalue weighted by Gasteiger charge is -2.22. The van der Waals surface area contributed by atoms with Crippen LogP contribution in [0.15, 0.2) is 59.5 Å². The number of nitrogens with one attached hydrogen (secondary N) is 3. The minimum absolute atomic E-state index is 0.447. The van der Waals surface area contributed by atoms with Crippen LogP contribution < -0.4 is 10.6 Å². The molecule has 0 amide bonds. The molecule has 7 nitrogen and oxygen atoms in total. The summed E-state index contributed by atoms with van der Waals surface area (Å²) in [6.45, 7) is 6.16. The lowest BCUT2D eigenvalue weighted by molar-refractivity contribution is 0.343. The SMILES string of the molecule is C=C/C(Cl)=C\C(Cl)=C/CNc1n[nH]c2ncc(-c3cnn(C4CCNCC4)c3)cc12. The van der Waals surface area contributed by atoms with Gasteiger partial charge in [0.1, 0.15) is 0 Å².